The van der Waals surface area contributed by atoms with Crippen LogP contribution in [0.25, 0.3) is 55.0 Å². The van der Waals surface area contributed by atoms with Gasteiger partial charge in [-0.3, -0.25) is 9.59 Å². The number of rotatable bonds is 5. The summed E-state index contributed by atoms with van der Waals surface area (Å²) in [6.45, 7) is 3.83. The Kier molecular flexibility index (Phi) is 6.54. The molecule has 0 spiro atoms. The maximum absolute atomic E-state index is 13.7. The van der Waals surface area contributed by atoms with Gasteiger partial charge in [0.05, 0.1) is 10.8 Å². The molecule has 0 aliphatic rings. The molecule has 0 saturated carbocycles. The molecule has 0 bridgehead atoms. The largest absolute Gasteiger partial charge is 0.504 e. The van der Waals surface area contributed by atoms with E-state index >= 15 is 0 Å². The van der Waals surface area contributed by atoms with Crippen molar-refractivity contribution in [3.05, 3.63) is 44.1 Å². The molecular weight excluding hydrogens is 640 g/mol. The van der Waals surface area contributed by atoms with Crippen molar-refractivity contribution in [2.24, 2.45) is 5.92 Å². The smallest absolute Gasteiger partial charge is 0.345 e. The SMILES string of the molecule is CC(=O)c1cc(O)c(O)c(O)c1-c1c(O)c(O)c2oc(=O)c3c(-c4c(C(=O)C(C)C)cc(O)c(O)c4O)c(O)c(O)c4oc(=O)c1c2c43. The van der Waals surface area contributed by atoms with Gasteiger partial charge in [-0.05, 0) is 19.1 Å². The van der Waals surface area contributed by atoms with Gasteiger partial charge >= 0.3 is 11.3 Å². The minimum absolute atomic E-state index is 0.555. The van der Waals surface area contributed by atoms with E-state index in [2.05, 4.69) is 0 Å². The number of hydrogen-bond acceptors (Lipinski definition) is 16. The number of benzene rings is 4. The normalized spacial score (nSPS) is 11.8. The molecule has 6 rings (SSSR count). The third-order valence-corrected chi connectivity index (χ3v) is 8.03. The molecule has 6 aromatic rings. The van der Waals surface area contributed by atoms with Gasteiger partial charge in [-0.2, -0.15) is 0 Å². The summed E-state index contributed by atoms with van der Waals surface area (Å²) in [5.74, 6) is -14.4. The second-order valence-electron chi connectivity index (χ2n) is 11.2. The van der Waals surface area contributed by atoms with Gasteiger partial charge in [0.2, 0.25) is 23.0 Å². The molecule has 0 saturated heterocycles. The third-order valence-electron chi connectivity index (χ3n) is 8.03. The van der Waals surface area contributed by atoms with Crippen LogP contribution in [0.15, 0.2) is 30.6 Å². The maximum Gasteiger partial charge on any atom is 0.345 e. The topological polar surface area (TPSA) is 297 Å². The van der Waals surface area contributed by atoms with E-state index in [-0.39, 0.29) is 0 Å². The van der Waals surface area contributed by atoms with Gasteiger partial charge in [0, 0.05) is 50.1 Å². The van der Waals surface area contributed by atoms with Crippen molar-refractivity contribution in [2.75, 3.05) is 0 Å². The van der Waals surface area contributed by atoms with Crippen LogP contribution in [0, 0.1) is 5.92 Å². The molecule has 4 aromatic carbocycles. The fourth-order valence-electron chi connectivity index (χ4n) is 5.84. The van der Waals surface area contributed by atoms with E-state index < -0.39 is 152 Å². The van der Waals surface area contributed by atoms with E-state index in [0.717, 1.165) is 13.0 Å². The predicted octanol–water partition coefficient (Wildman–Crippen LogP) is 3.92. The molecule has 0 atom stereocenters. The molecule has 0 aliphatic heterocycles. The van der Waals surface area contributed by atoms with E-state index in [1.807, 2.05) is 0 Å². The number of aromatic hydroxyl groups is 10. The van der Waals surface area contributed by atoms with Crippen LogP contribution in [-0.2, 0) is 0 Å². The Balaban J connectivity index is 1.96. The highest BCUT2D eigenvalue weighted by Crippen LogP contribution is 2.57. The van der Waals surface area contributed by atoms with Crippen LogP contribution >= 0.6 is 0 Å². The van der Waals surface area contributed by atoms with Crippen LogP contribution in [-0.4, -0.2) is 62.6 Å². The van der Waals surface area contributed by atoms with E-state index in [1.165, 1.54) is 13.8 Å². The van der Waals surface area contributed by atoms with Crippen molar-refractivity contribution in [3.8, 4) is 79.7 Å². The Bertz CT molecular complexity index is 2570. The first-order valence-corrected chi connectivity index (χ1v) is 13.7. The Hall–Kier alpha value is -6.84. The maximum atomic E-state index is 13.7. The summed E-state index contributed by atoms with van der Waals surface area (Å²) in [4.78, 5) is 53.1. The van der Waals surface area contributed by atoms with Gasteiger partial charge in [0.15, 0.2) is 57.2 Å². The van der Waals surface area contributed by atoms with Crippen molar-refractivity contribution in [2.45, 2.75) is 20.8 Å². The summed E-state index contributed by atoms with van der Waals surface area (Å²) in [5, 5.41) is 104. The lowest BCUT2D eigenvalue weighted by molar-refractivity contribution is 0.0938. The number of ketones is 2. The molecule has 16 nitrogen and oxygen atoms in total. The van der Waals surface area contributed by atoms with Crippen molar-refractivity contribution >= 4 is 44.3 Å². The number of hydrogen-bond donors (Lipinski definition) is 10. The fourth-order valence-corrected chi connectivity index (χ4v) is 5.84. The van der Waals surface area contributed by atoms with Gasteiger partial charge in [-0.25, -0.2) is 9.59 Å². The van der Waals surface area contributed by atoms with E-state index in [4.69, 9.17) is 8.83 Å². The van der Waals surface area contributed by atoms with Gasteiger partial charge in [-0.1, -0.05) is 13.8 Å². The summed E-state index contributed by atoms with van der Waals surface area (Å²) in [6.07, 6.45) is 0. The second kappa shape index (κ2) is 10.1. The van der Waals surface area contributed by atoms with E-state index in [0.29, 0.717) is 6.07 Å². The Morgan fingerprint density at radius 2 is 0.875 bits per heavy atom. The van der Waals surface area contributed by atoms with Gasteiger partial charge in [0.25, 0.3) is 0 Å². The van der Waals surface area contributed by atoms with E-state index in [1.54, 1.807) is 0 Å². The second-order valence-corrected chi connectivity index (χ2v) is 11.2. The highest BCUT2D eigenvalue weighted by Gasteiger charge is 2.36. The van der Waals surface area contributed by atoms with Crippen LogP contribution in [0.4, 0.5) is 0 Å². The fraction of sp³-hybridized carbons (Fsp3) is 0.125. The summed E-state index contributed by atoms with van der Waals surface area (Å²) in [5.41, 5.74) is -9.27. The van der Waals surface area contributed by atoms with Crippen LogP contribution in [0.5, 0.6) is 57.5 Å². The highest BCUT2D eigenvalue weighted by atomic mass is 16.4. The van der Waals surface area contributed by atoms with Gasteiger partial charge in [0.1, 0.15) is 0 Å². The summed E-state index contributed by atoms with van der Waals surface area (Å²) < 4.78 is 10.6. The van der Waals surface area contributed by atoms with Crippen molar-refractivity contribution in [3.63, 3.8) is 0 Å². The molecule has 2 aromatic heterocycles. The molecular formula is C32H22O16. The molecule has 16 heteroatoms. The molecule has 0 radical (unpaired) electrons. The first kappa shape index (κ1) is 31.2. The van der Waals surface area contributed by atoms with Gasteiger partial charge < -0.3 is 59.9 Å². The molecule has 0 fully saturated rings. The van der Waals surface area contributed by atoms with Crippen LogP contribution in [0.1, 0.15) is 41.5 Å². The Labute approximate surface area is 264 Å². The zero-order valence-electron chi connectivity index (χ0n) is 24.7. The summed E-state index contributed by atoms with van der Waals surface area (Å²) in [6, 6.07) is 1.42. The lowest BCUT2D eigenvalue weighted by atomic mass is 9.86. The highest BCUT2D eigenvalue weighted by molar-refractivity contribution is 6.29. The first-order valence-electron chi connectivity index (χ1n) is 13.7. The number of phenols is 10. The molecule has 246 valence electrons. The summed E-state index contributed by atoms with van der Waals surface area (Å²) >= 11 is 0. The zero-order chi connectivity index (χ0) is 35.4. The molecule has 10 N–H and O–H groups in total. The molecule has 0 unspecified atom stereocenters. The standard InChI is InChI=1S/C32H22O16/c1-6(2)20(36)9-5-11(35)22(38)24(40)13(9)15-19-17-16-18(31(45)47-30(17)28(44)26(15)42)14(25(41)27(43)29(16)48-32(19)46)12-8(7(3)33)4-10(34)21(37)23(12)39/h4-6,34-35,37-44H,1-3H3. The first-order chi connectivity index (χ1) is 22.4. The van der Waals surface area contributed by atoms with Crippen molar-refractivity contribution in [1.82, 2.24) is 0 Å². The molecule has 0 amide bonds. The predicted molar refractivity (Wildman–Crippen MR) is 164 cm³/mol. The average Bonchev–Trinajstić information content (AvgIpc) is 3.02. The minimum Gasteiger partial charge on any atom is -0.504 e. The summed E-state index contributed by atoms with van der Waals surface area (Å²) in [7, 11) is 0. The molecule has 48 heavy (non-hydrogen) atoms. The molecule has 0 aliphatic carbocycles. The van der Waals surface area contributed by atoms with Crippen LogP contribution < -0.4 is 11.3 Å². The molecule has 2 heterocycles. The monoisotopic (exact) mass is 662 g/mol. The Morgan fingerprint density at radius 1 is 0.521 bits per heavy atom. The number of carbonyl (C=O) groups is 2. The lowest BCUT2D eigenvalue weighted by Gasteiger charge is -2.20. The van der Waals surface area contributed by atoms with Crippen molar-refractivity contribution in [1.29, 1.82) is 0 Å². The quantitative estimate of drug-likeness (QED) is 0.0541. The van der Waals surface area contributed by atoms with E-state index in [9.17, 15) is 70.2 Å². The van der Waals surface area contributed by atoms with Crippen LogP contribution in [0.3, 0.4) is 0 Å². The number of phenolic OH excluding ortho intramolecular Hbond substituents is 10. The lowest BCUT2D eigenvalue weighted by Crippen LogP contribution is -2.12. The van der Waals surface area contributed by atoms with Crippen LogP contribution in [0.2, 0.25) is 0 Å². The van der Waals surface area contributed by atoms with Crippen molar-refractivity contribution < 1.29 is 69.5 Å². The minimum atomic E-state index is -1.49. The average molecular weight is 663 g/mol. The zero-order valence-corrected chi connectivity index (χ0v) is 24.7. The van der Waals surface area contributed by atoms with Gasteiger partial charge in [-0.15, -0.1) is 0 Å². The number of carbonyl (C=O) groups excluding carboxylic acids is 2. The third kappa shape index (κ3) is 3.88. The number of Topliss-reactive ketones (excluding diaryl/α,β-unsaturated/α-hetero) is 2. The Morgan fingerprint density at radius 3 is 1.25 bits per heavy atom.